The number of aromatic nitrogens is 2. The van der Waals surface area contributed by atoms with Crippen LogP contribution in [0.2, 0.25) is 0 Å². The molecule has 0 spiro atoms. The monoisotopic (exact) mass is 353 g/mol. The molecule has 140 valence electrons. The molecular weight excluding hydrogens is 322 g/mol. The van der Waals surface area contributed by atoms with E-state index in [1.54, 1.807) is 0 Å². The molecule has 0 aliphatic heterocycles. The summed E-state index contributed by atoms with van der Waals surface area (Å²) in [4.78, 5) is 12.9. The summed E-state index contributed by atoms with van der Waals surface area (Å²) in [5, 5.41) is 14.7. The molecular formula is C22H31N3O. The number of fused-ring (bicyclic) bond motifs is 3. The molecule has 1 heterocycles. The summed E-state index contributed by atoms with van der Waals surface area (Å²) >= 11 is 0. The Hall–Kier alpha value is -1.63. The van der Waals surface area contributed by atoms with Crippen LogP contribution < -0.4 is 0 Å². The number of Topliss-reactive ketones (excluding diaryl/α,β-unsaturated/α-hetero) is 1. The van der Waals surface area contributed by atoms with Crippen LogP contribution in [-0.4, -0.2) is 15.6 Å². The van der Waals surface area contributed by atoms with Crippen molar-refractivity contribution in [3.63, 3.8) is 0 Å². The maximum atomic E-state index is 12.9. The van der Waals surface area contributed by atoms with E-state index in [9.17, 15) is 10.1 Å². The quantitative estimate of drug-likeness (QED) is 0.750. The van der Waals surface area contributed by atoms with Gasteiger partial charge >= 0.3 is 0 Å². The molecule has 4 heteroatoms. The first-order valence-corrected chi connectivity index (χ1v) is 10.3. The average molecular weight is 354 g/mol. The number of nitriles is 1. The molecule has 0 amide bonds. The SMILES string of the molecule is Cn1nc2c(c1C1CCCCC1)CC[C@H]1C(C)(C)C(=O)C(C#N)C[C@]21C. The third-order valence-electron chi connectivity index (χ3n) is 7.79. The number of carbonyl (C=O) groups excluding carboxylic acids is 1. The van der Waals surface area contributed by atoms with Crippen molar-refractivity contribution in [3.05, 3.63) is 17.0 Å². The van der Waals surface area contributed by atoms with Crippen molar-refractivity contribution >= 4 is 5.78 Å². The van der Waals surface area contributed by atoms with Gasteiger partial charge in [-0.1, -0.05) is 40.0 Å². The lowest BCUT2D eigenvalue weighted by Crippen LogP contribution is -2.55. The van der Waals surface area contributed by atoms with E-state index in [1.807, 2.05) is 0 Å². The fourth-order valence-electron chi connectivity index (χ4n) is 6.58. The maximum Gasteiger partial charge on any atom is 0.155 e. The van der Waals surface area contributed by atoms with Crippen LogP contribution in [0, 0.1) is 28.6 Å². The molecule has 4 rings (SSSR count). The summed E-state index contributed by atoms with van der Waals surface area (Å²) in [6.45, 7) is 6.38. The first kappa shape index (κ1) is 17.8. The largest absolute Gasteiger partial charge is 0.298 e. The van der Waals surface area contributed by atoms with Gasteiger partial charge in [0, 0.05) is 29.5 Å². The first-order chi connectivity index (χ1) is 12.3. The van der Waals surface area contributed by atoms with Crippen LogP contribution in [0.15, 0.2) is 0 Å². The van der Waals surface area contributed by atoms with E-state index in [2.05, 4.69) is 38.6 Å². The Morgan fingerprint density at radius 3 is 2.50 bits per heavy atom. The molecule has 2 saturated carbocycles. The van der Waals surface area contributed by atoms with E-state index in [0.29, 0.717) is 12.3 Å². The number of aryl methyl sites for hydroxylation is 1. The highest BCUT2D eigenvalue weighted by Crippen LogP contribution is 2.57. The van der Waals surface area contributed by atoms with Crippen molar-refractivity contribution in [2.75, 3.05) is 0 Å². The Labute approximate surface area is 157 Å². The summed E-state index contributed by atoms with van der Waals surface area (Å²) in [5.74, 6) is 0.538. The Morgan fingerprint density at radius 2 is 1.85 bits per heavy atom. The molecule has 0 N–H and O–H groups in total. The standard InChI is InChI=1S/C22H31N3O/c1-21(2)17-11-10-16-18(14-8-6-5-7-9-14)25(4)24-19(16)22(17,3)12-15(13-23)20(21)26/h14-15,17H,5-12H2,1-4H3/t15?,17-,22-/m0/s1. The van der Waals surface area contributed by atoms with Crippen molar-refractivity contribution in [1.29, 1.82) is 5.26 Å². The van der Waals surface area contributed by atoms with Crippen molar-refractivity contribution in [3.8, 4) is 6.07 Å². The molecule has 0 radical (unpaired) electrons. The van der Waals surface area contributed by atoms with E-state index in [1.165, 1.54) is 49.1 Å². The van der Waals surface area contributed by atoms with Crippen molar-refractivity contribution in [2.45, 2.75) is 83.5 Å². The van der Waals surface area contributed by atoms with Crippen LogP contribution in [0.4, 0.5) is 0 Å². The van der Waals surface area contributed by atoms with Crippen LogP contribution in [0.5, 0.6) is 0 Å². The number of carbonyl (C=O) groups is 1. The summed E-state index contributed by atoms with van der Waals surface area (Å²) in [7, 11) is 2.10. The number of ketones is 1. The molecule has 3 aliphatic carbocycles. The molecule has 1 aromatic rings. The predicted octanol–water partition coefficient (Wildman–Crippen LogP) is 4.43. The van der Waals surface area contributed by atoms with Gasteiger partial charge in [0.1, 0.15) is 5.92 Å². The maximum absolute atomic E-state index is 12.9. The molecule has 3 aliphatic rings. The van der Waals surface area contributed by atoms with Crippen molar-refractivity contribution < 1.29 is 4.79 Å². The minimum absolute atomic E-state index is 0.134. The van der Waals surface area contributed by atoms with Gasteiger partial charge in [0.05, 0.1) is 11.8 Å². The van der Waals surface area contributed by atoms with Crippen LogP contribution in [0.3, 0.4) is 0 Å². The van der Waals surface area contributed by atoms with E-state index in [0.717, 1.165) is 12.8 Å². The zero-order chi connectivity index (χ0) is 18.7. The van der Waals surface area contributed by atoms with Gasteiger partial charge in [-0.3, -0.25) is 9.48 Å². The fourth-order valence-corrected chi connectivity index (χ4v) is 6.58. The molecule has 1 unspecified atom stereocenters. The van der Waals surface area contributed by atoms with Gasteiger partial charge in [-0.15, -0.1) is 0 Å². The number of nitrogens with zero attached hydrogens (tertiary/aromatic N) is 3. The summed E-state index contributed by atoms with van der Waals surface area (Å²) < 4.78 is 2.14. The van der Waals surface area contributed by atoms with Crippen LogP contribution in [-0.2, 0) is 23.7 Å². The van der Waals surface area contributed by atoms with Crippen LogP contribution >= 0.6 is 0 Å². The molecule has 0 saturated heterocycles. The minimum Gasteiger partial charge on any atom is -0.298 e. The van der Waals surface area contributed by atoms with Gasteiger partial charge in [-0.25, -0.2) is 0 Å². The van der Waals surface area contributed by atoms with E-state index in [-0.39, 0.29) is 17.1 Å². The minimum atomic E-state index is -0.502. The Bertz CT molecular complexity index is 778. The third-order valence-corrected chi connectivity index (χ3v) is 7.79. The first-order valence-electron chi connectivity index (χ1n) is 10.3. The highest BCUT2D eigenvalue weighted by Gasteiger charge is 2.58. The normalized spacial score (nSPS) is 34.0. The van der Waals surface area contributed by atoms with Crippen molar-refractivity contribution in [1.82, 2.24) is 9.78 Å². The molecule has 1 aromatic heterocycles. The van der Waals surface area contributed by atoms with Crippen LogP contribution in [0.1, 0.15) is 88.6 Å². The second kappa shape index (κ2) is 5.94. The molecule has 0 aromatic carbocycles. The lowest BCUT2D eigenvalue weighted by molar-refractivity contribution is -0.140. The topological polar surface area (TPSA) is 58.7 Å². The smallest absolute Gasteiger partial charge is 0.155 e. The second-order valence-corrected chi connectivity index (χ2v) is 9.65. The Balaban J connectivity index is 1.81. The number of hydrogen-bond donors (Lipinski definition) is 0. The lowest BCUT2D eigenvalue weighted by Gasteiger charge is -2.53. The third kappa shape index (κ3) is 2.32. The van der Waals surface area contributed by atoms with Crippen molar-refractivity contribution in [2.24, 2.45) is 24.3 Å². The lowest BCUT2D eigenvalue weighted by atomic mass is 9.49. The molecule has 26 heavy (non-hydrogen) atoms. The van der Waals surface area contributed by atoms with Gasteiger partial charge in [0.15, 0.2) is 5.78 Å². The average Bonchev–Trinajstić information content (AvgIpc) is 2.96. The van der Waals surface area contributed by atoms with E-state index in [4.69, 9.17) is 5.10 Å². The van der Waals surface area contributed by atoms with Gasteiger partial charge < -0.3 is 0 Å². The molecule has 0 bridgehead atoms. The van der Waals surface area contributed by atoms with Crippen LogP contribution in [0.25, 0.3) is 0 Å². The molecule has 3 atom stereocenters. The Morgan fingerprint density at radius 1 is 1.15 bits per heavy atom. The fraction of sp³-hybridized carbons (Fsp3) is 0.773. The second-order valence-electron chi connectivity index (χ2n) is 9.65. The zero-order valence-corrected chi connectivity index (χ0v) is 16.6. The highest BCUT2D eigenvalue weighted by atomic mass is 16.1. The van der Waals surface area contributed by atoms with E-state index < -0.39 is 11.3 Å². The van der Waals surface area contributed by atoms with Gasteiger partial charge in [0.2, 0.25) is 0 Å². The Kier molecular flexibility index (Phi) is 4.06. The zero-order valence-electron chi connectivity index (χ0n) is 16.6. The summed E-state index contributed by atoms with van der Waals surface area (Å²) in [6.07, 6.45) is 9.25. The highest BCUT2D eigenvalue weighted by molar-refractivity contribution is 5.90. The molecule has 4 nitrogen and oxygen atoms in total. The number of rotatable bonds is 1. The number of hydrogen-bond acceptors (Lipinski definition) is 3. The summed E-state index contributed by atoms with van der Waals surface area (Å²) in [6, 6.07) is 2.30. The van der Waals surface area contributed by atoms with Gasteiger partial charge in [0.25, 0.3) is 0 Å². The predicted molar refractivity (Wildman–Crippen MR) is 101 cm³/mol. The summed E-state index contributed by atoms with van der Waals surface area (Å²) in [5.41, 5.74) is 3.46. The van der Waals surface area contributed by atoms with E-state index >= 15 is 0 Å². The molecule has 2 fully saturated rings. The van der Waals surface area contributed by atoms with Gasteiger partial charge in [-0.2, -0.15) is 10.4 Å². The van der Waals surface area contributed by atoms with Gasteiger partial charge in [-0.05, 0) is 43.6 Å².